The first-order valence-electron chi connectivity index (χ1n) is 10.1. The topological polar surface area (TPSA) is 111 Å². The molecule has 7 atom stereocenters. The third-order valence-corrected chi connectivity index (χ3v) is 10.3. The third-order valence-electron chi connectivity index (χ3n) is 7.36. The maximum atomic E-state index is 13.1. The number of nitrogens with zero attached hydrogens (tertiary/aromatic N) is 1. The molecule has 0 radical (unpaired) electrons. The van der Waals surface area contributed by atoms with Gasteiger partial charge in [-0.15, -0.1) is 23.1 Å². The molecule has 6 rings (SSSR count). The lowest BCUT2D eigenvalue weighted by atomic mass is 9.68. The number of imide groups is 1. The molecule has 2 saturated carbocycles. The normalized spacial score (nSPS) is 35.2. The number of fused-ring (bicyclic) bond motifs is 9. The number of hydrogen-bond acceptors (Lipinski definition) is 7. The van der Waals surface area contributed by atoms with E-state index in [0.29, 0.717) is 3.95 Å². The highest BCUT2D eigenvalue weighted by Crippen LogP contribution is 2.68. The lowest BCUT2D eigenvalue weighted by molar-refractivity contribution is -0.149. The van der Waals surface area contributed by atoms with Crippen molar-refractivity contribution in [3.05, 3.63) is 38.7 Å². The van der Waals surface area contributed by atoms with Crippen LogP contribution in [-0.2, 0) is 14.4 Å². The molecule has 1 aromatic heterocycles. The van der Waals surface area contributed by atoms with Crippen molar-refractivity contribution in [2.45, 2.75) is 22.6 Å². The summed E-state index contributed by atoms with van der Waals surface area (Å²) in [5.74, 6) is -2.26. The van der Waals surface area contributed by atoms with Gasteiger partial charge in [-0.3, -0.25) is 19.3 Å². The van der Waals surface area contributed by atoms with Crippen LogP contribution in [0.3, 0.4) is 0 Å². The average molecular weight is 475 g/mol. The lowest BCUT2D eigenvalue weighted by Gasteiger charge is -2.43. The fourth-order valence-electron chi connectivity index (χ4n) is 6.42. The van der Waals surface area contributed by atoms with Gasteiger partial charge in [0.25, 0.3) is 0 Å². The number of amides is 2. The number of carbonyl (C=O) groups excluding carboxylic acids is 2. The Bertz CT molecular complexity index is 1190. The summed E-state index contributed by atoms with van der Waals surface area (Å²) in [7, 11) is 0. The van der Waals surface area contributed by atoms with E-state index in [-0.39, 0.29) is 46.5 Å². The molecule has 0 spiro atoms. The zero-order valence-electron chi connectivity index (χ0n) is 16.1. The van der Waals surface area contributed by atoms with Gasteiger partial charge in [-0.1, -0.05) is 12.1 Å². The van der Waals surface area contributed by atoms with Crippen LogP contribution in [0, 0.1) is 33.5 Å². The van der Waals surface area contributed by atoms with Crippen molar-refractivity contribution in [1.29, 1.82) is 0 Å². The van der Waals surface area contributed by atoms with Gasteiger partial charge in [0.2, 0.25) is 11.8 Å². The van der Waals surface area contributed by atoms with Crippen LogP contribution in [0.1, 0.15) is 22.8 Å². The van der Waals surface area contributed by atoms with Crippen LogP contribution >= 0.6 is 35.3 Å². The molecule has 2 amide bonds. The number of aromatic hydroxyl groups is 1. The molecule has 3 N–H and O–H groups in total. The van der Waals surface area contributed by atoms with E-state index in [4.69, 9.17) is 12.2 Å². The van der Waals surface area contributed by atoms with Crippen molar-refractivity contribution in [3.8, 4) is 5.75 Å². The van der Waals surface area contributed by atoms with E-state index in [1.807, 2.05) is 12.1 Å². The number of carboxylic acid groups (broad SMARTS) is 1. The maximum Gasteiger partial charge on any atom is 0.323 e. The van der Waals surface area contributed by atoms with Gasteiger partial charge >= 0.3 is 5.97 Å². The number of benzene rings is 1. The number of phenolic OH excluding ortho intramolecular Hbond substituents is 1. The number of phenols is 1. The Morgan fingerprint density at radius 2 is 1.84 bits per heavy atom. The zero-order valence-corrected chi connectivity index (χ0v) is 18.5. The Morgan fingerprint density at radius 3 is 2.52 bits per heavy atom. The second kappa shape index (κ2) is 6.66. The van der Waals surface area contributed by atoms with Gasteiger partial charge in [0.15, 0.2) is 3.95 Å². The van der Waals surface area contributed by atoms with Crippen LogP contribution in [0.5, 0.6) is 5.75 Å². The summed E-state index contributed by atoms with van der Waals surface area (Å²) in [6, 6.07) is 7.18. The van der Waals surface area contributed by atoms with Crippen molar-refractivity contribution in [3.63, 3.8) is 0 Å². The van der Waals surface area contributed by atoms with Crippen LogP contribution in [-0.4, -0.2) is 49.7 Å². The van der Waals surface area contributed by atoms with Crippen LogP contribution < -0.4 is 0 Å². The van der Waals surface area contributed by atoms with E-state index < -0.39 is 24.3 Å². The summed E-state index contributed by atoms with van der Waals surface area (Å²) >= 11 is 8.69. The third kappa shape index (κ3) is 2.64. The summed E-state index contributed by atoms with van der Waals surface area (Å²) in [4.78, 5) is 42.8. The Hall–Kier alpha value is -2.17. The Balaban J connectivity index is 1.45. The number of hydrogen-bond donors (Lipinski definition) is 3. The Morgan fingerprint density at radius 1 is 1.16 bits per heavy atom. The quantitative estimate of drug-likeness (QED) is 0.463. The van der Waals surface area contributed by atoms with Crippen LogP contribution in [0.25, 0.3) is 0 Å². The fourth-order valence-corrected chi connectivity index (χ4v) is 9.76. The van der Waals surface area contributed by atoms with Crippen molar-refractivity contribution < 1.29 is 24.6 Å². The SMILES string of the molecule is O=C(O)CN1C(=O)C2C3CC(C2C1=O)C1C(c2ccc(O)cc2)c2sc(=S)[nH]c2SC31. The number of H-pyrrole nitrogens is 1. The highest BCUT2D eigenvalue weighted by Gasteiger charge is 2.69. The highest BCUT2D eigenvalue weighted by molar-refractivity contribution is 8.00. The number of carbonyl (C=O) groups is 3. The van der Waals surface area contributed by atoms with E-state index in [9.17, 15) is 24.6 Å². The van der Waals surface area contributed by atoms with E-state index in [1.165, 1.54) is 0 Å². The van der Waals surface area contributed by atoms with Crippen molar-refractivity contribution >= 4 is 53.1 Å². The molecule has 1 saturated heterocycles. The molecule has 2 aliphatic carbocycles. The van der Waals surface area contributed by atoms with E-state index in [1.54, 1.807) is 35.2 Å². The molecular weight excluding hydrogens is 456 g/mol. The fraction of sp³-hybridized carbons (Fsp3) is 0.429. The second-order valence-electron chi connectivity index (χ2n) is 8.71. The van der Waals surface area contributed by atoms with Gasteiger partial charge in [0.1, 0.15) is 12.3 Å². The number of likely N-dealkylation sites (tertiary alicyclic amines) is 1. The Kier molecular flexibility index (Phi) is 4.19. The first kappa shape index (κ1) is 19.5. The number of rotatable bonds is 3. The van der Waals surface area contributed by atoms with Gasteiger partial charge in [0.05, 0.1) is 16.9 Å². The molecule has 7 nitrogen and oxygen atoms in total. The molecule has 3 fully saturated rings. The highest BCUT2D eigenvalue weighted by atomic mass is 32.2. The summed E-state index contributed by atoms with van der Waals surface area (Å²) in [6.07, 6.45) is 0.806. The van der Waals surface area contributed by atoms with Crippen molar-refractivity contribution in [1.82, 2.24) is 9.88 Å². The van der Waals surface area contributed by atoms with Crippen molar-refractivity contribution in [2.75, 3.05) is 6.54 Å². The van der Waals surface area contributed by atoms with Gasteiger partial charge in [-0.05, 0) is 54.1 Å². The first-order valence-corrected chi connectivity index (χ1v) is 12.2. The molecule has 2 aromatic rings. The van der Waals surface area contributed by atoms with E-state index in [0.717, 1.165) is 26.8 Å². The molecule has 2 aliphatic heterocycles. The minimum atomic E-state index is -1.17. The second-order valence-corrected chi connectivity index (χ2v) is 11.6. The molecular formula is C21H18N2O5S3. The largest absolute Gasteiger partial charge is 0.508 e. The standard InChI is InChI=1S/C21H18N2O5S3/c24-8-3-1-7(2-4-8)12-13-9-5-10(16(13)30-18-17(12)31-21(29)22-18)15-14(9)19(27)23(20(15)28)6-11(25)26/h1-4,9-10,12-16,24H,5-6H2,(H,22,29)(H,25,26). The van der Waals surface area contributed by atoms with Gasteiger partial charge in [-0.2, -0.15) is 0 Å². The molecule has 7 unspecified atom stereocenters. The molecule has 31 heavy (non-hydrogen) atoms. The van der Waals surface area contributed by atoms with Gasteiger partial charge in [-0.25, -0.2) is 0 Å². The number of thiazole rings is 1. The average Bonchev–Trinajstić information content (AvgIpc) is 3.44. The zero-order chi connectivity index (χ0) is 21.6. The van der Waals surface area contributed by atoms with Crippen LogP contribution in [0.2, 0.25) is 0 Å². The monoisotopic (exact) mass is 474 g/mol. The lowest BCUT2D eigenvalue weighted by Crippen LogP contribution is -2.42. The number of nitrogens with one attached hydrogen (secondary N) is 1. The number of aromatic nitrogens is 1. The predicted octanol–water partition coefficient (Wildman–Crippen LogP) is 3.07. The van der Waals surface area contributed by atoms with E-state index >= 15 is 0 Å². The Labute approximate surface area is 190 Å². The molecule has 10 heteroatoms. The molecule has 1 aromatic carbocycles. The molecule has 2 bridgehead atoms. The summed E-state index contributed by atoms with van der Waals surface area (Å²) < 4.78 is 0.702. The van der Waals surface area contributed by atoms with Crippen molar-refractivity contribution in [2.24, 2.45) is 29.6 Å². The first-order chi connectivity index (χ1) is 14.8. The number of aliphatic carboxylic acids is 1. The molecule has 3 heterocycles. The maximum absolute atomic E-state index is 13.1. The van der Waals surface area contributed by atoms with Crippen LogP contribution in [0.15, 0.2) is 29.3 Å². The van der Waals surface area contributed by atoms with E-state index in [2.05, 4.69) is 4.98 Å². The summed E-state index contributed by atoms with van der Waals surface area (Å²) in [6.45, 7) is -0.561. The number of thioether (sulfide) groups is 1. The minimum absolute atomic E-state index is 0.0189. The number of carboxylic acids is 1. The number of aromatic amines is 1. The smallest absolute Gasteiger partial charge is 0.323 e. The summed E-state index contributed by atoms with van der Waals surface area (Å²) in [5, 5.41) is 20.1. The van der Waals surface area contributed by atoms with Crippen LogP contribution in [0.4, 0.5) is 0 Å². The van der Waals surface area contributed by atoms with Gasteiger partial charge < -0.3 is 15.2 Å². The predicted molar refractivity (Wildman–Crippen MR) is 116 cm³/mol. The summed E-state index contributed by atoms with van der Waals surface area (Å²) in [5.41, 5.74) is 1.06. The minimum Gasteiger partial charge on any atom is -0.508 e. The molecule has 4 aliphatic rings. The van der Waals surface area contributed by atoms with Gasteiger partial charge in [0, 0.05) is 16.0 Å². The molecule has 160 valence electrons.